The van der Waals surface area contributed by atoms with Gasteiger partial charge in [0.2, 0.25) is 5.95 Å². The minimum atomic E-state index is -1.33. The van der Waals surface area contributed by atoms with E-state index < -0.39 is 35.4 Å². The number of hydrogen-bond donors (Lipinski definition) is 7. The van der Waals surface area contributed by atoms with Crippen molar-refractivity contribution < 1.29 is 29.4 Å². The van der Waals surface area contributed by atoms with Crippen molar-refractivity contribution in [3.63, 3.8) is 0 Å². The molecule has 3 aromatic rings. The number of carbonyl (C=O) groups excluding carboxylic acids is 2. The number of carbonyl (C=O) groups is 4. The highest BCUT2D eigenvalue weighted by Gasteiger charge is 2.25. The Bertz CT molecular complexity index is 1460. The first-order chi connectivity index (χ1) is 19.6. The molecule has 41 heavy (non-hydrogen) atoms. The highest BCUT2D eigenvalue weighted by Crippen LogP contribution is 2.16. The number of carboxylic acid groups (broad SMARTS) is 2. The van der Waals surface area contributed by atoms with Gasteiger partial charge in [-0.3, -0.25) is 24.2 Å². The molecule has 0 aliphatic rings. The van der Waals surface area contributed by atoms with E-state index in [2.05, 4.69) is 30.6 Å². The lowest BCUT2D eigenvalue weighted by molar-refractivity contribution is -0.144. The van der Waals surface area contributed by atoms with Crippen molar-refractivity contribution >= 4 is 46.4 Å². The SMILES string of the molecule is NCCCC[C@H](CC(=O)CC[C@H](NC(=O)c1ccc(NCc2cnc3nc(N)[nH]c(=O)c3n2)cc1)C(=O)O)C(=O)O. The third-order valence-electron chi connectivity index (χ3n) is 6.25. The predicted molar refractivity (Wildman–Crippen MR) is 148 cm³/mol. The van der Waals surface area contributed by atoms with Crippen molar-refractivity contribution in [3.8, 4) is 0 Å². The second-order valence-corrected chi connectivity index (χ2v) is 9.38. The van der Waals surface area contributed by atoms with Crippen molar-refractivity contribution in [2.75, 3.05) is 17.6 Å². The van der Waals surface area contributed by atoms with Gasteiger partial charge in [0.1, 0.15) is 11.8 Å². The van der Waals surface area contributed by atoms with Crippen LogP contribution in [0.25, 0.3) is 11.2 Å². The Morgan fingerprint density at radius 3 is 2.39 bits per heavy atom. The van der Waals surface area contributed by atoms with E-state index in [-0.39, 0.29) is 54.3 Å². The minimum Gasteiger partial charge on any atom is -0.481 e. The number of carboxylic acids is 2. The number of unbranched alkanes of at least 4 members (excludes halogenated alkanes) is 1. The zero-order valence-electron chi connectivity index (χ0n) is 22.1. The van der Waals surface area contributed by atoms with Crippen molar-refractivity contribution in [1.29, 1.82) is 0 Å². The molecule has 218 valence electrons. The molecule has 1 aromatic carbocycles. The summed E-state index contributed by atoms with van der Waals surface area (Å²) in [6.07, 6.45) is 2.42. The molecule has 0 bridgehead atoms. The lowest BCUT2D eigenvalue weighted by Crippen LogP contribution is -2.41. The second-order valence-electron chi connectivity index (χ2n) is 9.38. The Balaban J connectivity index is 1.53. The molecule has 2 heterocycles. The van der Waals surface area contributed by atoms with Gasteiger partial charge in [0, 0.05) is 24.1 Å². The number of aromatic nitrogens is 4. The summed E-state index contributed by atoms with van der Waals surface area (Å²) < 4.78 is 0. The van der Waals surface area contributed by atoms with Crippen molar-refractivity contribution in [2.45, 2.75) is 51.1 Å². The first-order valence-electron chi connectivity index (χ1n) is 12.9. The summed E-state index contributed by atoms with van der Waals surface area (Å²) in [7, 11) is 0. The number of aliphatic carboxylic acids is 2. The summed E-state index contributed by atoms with van der Waals surface area (Å²) in [4.78, 5) is 74.7. The number of hydrogen-bond acceptors (Lipinski definition) is 11. The first-order valence-corrected chi connectivity index (χ1v) is 12.9. The average Bonchev–Trinajstić information content (AvgIpc) is 2.93. The van der Waals surface area contributed by atoms with Crippen LogP contribution in [-0.2, 0) is 20.9 Å². The summed E-state index contributed by atoms with van der Waals surface area (Å²) in [6, 6.07) is 4.86. The fourth-order valence-corrected chi connectivity index (χ4v) is 4.02. The number of nitrogen functional groups attached to an aromatic ring is 1. The number of benzene rings is 1. The summed E-state index contributed by atoms with van der Waals surface area (Å²) in [6.45, 7) is 0.640. The van der Waals surface area contributed by atoms with E-state index in [1.807, 2.05) is 0 Å². The molecule has 1 amide bonds. The van der Waals surface area contributed by atoms with Crippen LogP contribution in [0.2, 0.25) is 0 Å². The number of amides is 1. The Kier molecular flexibility index (Phi) is 10.8. The van der Waals surface area contributed by atoms with E-state index in [1.54, 1.807) is 12.1 Å². The third kappa shape index (κ3) is 9.06. The van der Waals surface area contributed by atoms with E-state index in [0.717, 1.165) is 0 Å². The van der Waals surface area contributed by atoms with Crippen molar-refractivity contribution in [2.24, 2.45) is 11.7 Å². The number of nitrogens with one attached hydrogen (secondary N) is 3. The number of Topliss-reactive ketones (excluding diaryl/α,β-unsaturated/α-hetero) is 1. The fourth-order valence-electron chi connectivity index (χ4n) is 4.02. The maximum Gasteiger partial charge on any atom is 0.326 e. The zero-order chi connectivity index (χ0) is 29.9. The summed E-state index contributed by atoms with van der Waals surface area (Å²) in [5, 5.41) is 24.4. The summed E-state index contributed by atoms with van der Waals surface area (Å²) in [5.74, 6) is -4.34. The van der Waals surface area contributed by atoms with Gasteiger partial charge >= 0.3 is 11.9 Å². The number of anilines is 2. The minimum absolute atomic E-state index is 0.0458. The van der Waals surface area contributed by atoms with Crippen LogP contribution in [0.3, 0.4) is 0 Å². The first kappa shape index (κ1) is 30.6. The van der Waals surface area contributed by atoms with Crippen molar-refractivity contribution in [1.82, 2.24) is 25.3 Å². The lowest BCUT2D eigenvalue weighted by Gasteiger charge is -2.16. The van der Waals surface area contributed by atoms with E-state index in [9.17, 15) is 34.2 Å². The van der Waals surface area contributed by atoms with Crippen LogP contribution in [0.4, 0.5) is 11.6 Å². The predicted octanol–water partition coefficient (Wildman–Crippen LogP) is 0.660. The zero-order valence-corrected chi connectivity index (χ0v) is 22.1. The number of fused-ring (bicyclic) bond motifs is 1. The molecule has 0 saturated heterocycles. The lowest BCUT2D eigenvalue weighted by atomic mass is 9.94. The Morgan fingerprint density at radius 2 is 1.73 bits per heavy atom. The van der Waals surface area contributed by atoms with E-state index >= 15 is 0 Å². The molecular weight excluding hydrogens is 536 g/mol. The molecule has 2 atom stereocenters. The van der Waals surface area contributed by atoms with Gasteiger partial charge in [-0.15, -0.1) is 0 Å². The smallest absolute Gasteiger partial charge is 0.326 e. The number of H-pyrrole nitrogens is 1. The van der Waals surface area contributed by atoms with Crippen LogP contribution in [0.1, 0.15) is 54.6 Å². The molecule has 15 heteroatoms. The molecule has 0 radical (unpaired) electrons. The number of nitrogens with zero attached hydrogens (tertiary/aromatic N) is 3. The molecular formula is C26H32N8O7. The standard InChI is InChI=1S/C26H32N8O7/c27-10-2-1-3-15(24(38)39)11-18(35)8-9-19(25(40)41)32-22(36)14-4-6-16(7-5-14)29-12-17-13-30-21-20(31-17)23(37)34-26(28)33-21/h4-7,13,15,19,29H,1-3,8-12,27H2,(H,32,36)(H,38,39)(H,40,41)(H3,28,30,33,34,37)/t15-,19+/m1/s1. The largest absolute Gasteiger partial charge is 0.481 e. The van der Waals surface area contributed by atoms with Gasteiger partial charge in [-0.25, -0.2) is 14.8 Å². The highest BCUT2D eigenvalue weighted by atomic mass is 16.4. The van der Waals surface area contributed by atoms with Crippen LogP contribution in [0.5, 0.6) is 0 Å². The van der Waals surface area contributed by atoms with E-state index in [4.69, 9.17) is 11.5 Å². The van der Waals surface area contributed by atoms with E-state index in [1.165, 1.54) is 18.3 Å². The number of ketones is 1. The quantitative estimate of drug-likeness (QED) is 0.117. The molecule has 0 saturated carbocycles. The van der Waals surface area contributed by atoms with Crippen LogP contribution in [0, 0.1) is 5.92 Å². The Morgan fingerprint density at radius 1 is 1.00 bits per heavy atom. The fraction of sp³-hybridized carbons (Fsp3) is 0.385. The third-order valence-corrected chi connectivity index (χ3v) is 6.25. The number of aromatic amines is 1. The summed E-state index contributed by atoms with van der Waals surface area (Å²) in [5.41, 5.74) is 11.9. The topological polar surface area (TPSA) is 256 Å². The highest BCUT2D eigenvalue weighted by molar-refractivity contribution is 5.97. The van der Waals surface area contributed by atoms with Gasteiger partial charge in [-0.1, -0.05) is 6.42 Å². The van der Waals surface area contributed by atoms with Crippen LogP contribution >= 0.6 is 0 Å². The Hall–Kier alpha value is -4.92. The maximum absolute atomic E-state index is 12.7. The monoisotopic (exact) mass is 568 g/mol. The molecule has 0 aliphatic heterocycles. The normalized spacial score (nSPS) is 12.4. The molecule has 0 fully saturated rings. The molecule has 0 spiro atoms. The van der Waals surface area contributed by atoms with Crippen LogP contribution < -0.4 is 27.7 Å². The van der Waals surface area contributed by atoms with Gasteiger partial charge in [0.15, 0.2) is 11.2 Å². The molecule has 15 nitrogen and oxygen atoms in total. The van der Waals surface area contributed by atoms with Gasteiger partial charge in [-0.05, 0) is 50.1 Å². The van der Waals surface area contributed by atoms with Gasteiger partial charge in [0.05, 0.1) is 24.4 Å². The number of rotatable bonds is 16. The molecule has 0 unspecified atom stereocenters. The van der Waals surface area contributed by atoms with Gasteiger partial charge < -0.3 is 32.3 Å². The van der Waals surface area contributed by atoms with Crippen LogP contribution in [-0.4, -0.2) is 66.4 Å². The molecule has 3 rings (SSSR count). The molecule has 9 N–H and O–H groups in total. The van der Waals surface area contributed by atoms with Crippen molar-refractivity contribution in [3.05, 3.63) is 52.1 Å². The number of nitrogens with two attached hydrogens (primary N) is 2. The molecule has 2 aromatic heterocycles. The van der Waals surface area contributed by atoms with Gasteiger partial charge in [0.25, 0.3) is 11.5 Å². The Labute approximate surface area is 233 Å². The van der Waals surface area contributed by atoms with E-state index in [0.29, 0.717) is 37.2 Å². The van der Waals surface area contributed by atoms with Gasteiger partial charge in [-0.2, -0.15) is 4.98 Å². The molecule has 0 aliphatic carbocycles. The average molecular weight is 569 g/mol. The van der Waals surface area contributed by atoms with Crippen LogP contribution in [0.15, 0.2) is 35.3 Å². The summed E-state index contributed by atoms with van der Waals surface area (Å²) >= 11 is 0. The second kappa shape index (κ2) is 14.5. The maximum atomic E-state index is 12.7.